The Labute approximate surface area is 122 Å². The van der Waals surface area contributed by atoms with Crippen LogP contribution in [0.15, 0.2) is 4.52 Å². The first-order valence-corrected chi connectivity index (χ1v) is 7.56. The molecule has 1 aliphatic rings. The Morgan fingerprint density at radius 3 is 2.45 bits per heavy atom. The SMILES string of the molecule is Cc1noc(C)c1CCCN[C@H]1CC(C)(C)OC1(C)C. The summed E-state index contributed by atoms with van der Waals surface area (Å²) in [5.74, 6) is 0.952. The molecule has 2 heterocycles. The summed E-state index contributed by atoms with van der Waals surface area (Å²) in [4.78, 5) is 0. The van der Waals surface area contributed by atoms with E-state index in [-0.39, 0.29) is 11.2 Å². The molecule has 114 valence electrons. The smallest absolute Gasteiger partial charge is 0.137 e. The first kappa shape index (κ1) is 15.5. The Morgan fingerprint density at radius 1 is 1.25 bits per heavy atom. The van der Waals surface area contributed by atoms with E-state index < -0.39 is 0 Å². The molecule has 0 amide bonds. The van der Waals surface area contributed by atoms with Gasteiger partial charge in [0, 0.05) is 11.6 Å². The fourth-order valence-electron chi connectivity index (χ4n) is 3.28. The van der Waals surface area contributed by atoms with Crippen molar-refractivity contribution in [3.8, 4) is 0 Å². The molecule has 1 aromatic heterocycles. The Balaban J connectivity index is 1.79. The molecule has 0 aromatic carbocycles. The van der Waals surface area contributed by atoms with Crippen LogP contribution in [0.2, 0.25) is 0 Å². The minimum absolute atomic E-state index is 0.0250. The molecule has 0 aliphatic carbocycles. The van der Waals surface area contributed by atoms with Crippen LogP contribution in [0.4, 0.5) is 0 Å². The van der Waals surface area contributed by atoms with Crippen molar-refractivity contribution in [2.75, 3.05) is 6.54 Å². The number of aryl methyl sites for hydroxylation is 2. The van der Waals surface area contributed by atoms with Gasteiger partial charge in [0.25, 0.3) is 0 Å². The lowest BCUT2D eigenvalue weighted by Crippen LogP contribution is -2.43. The van der Waals surface area contributed by atoms with Gasteiger partial charge in [-0.2, -0.15) is 0 Å². The number of nitrogens with zero attached hydrogens (tertiary/aromatic N) is 1. The number of nitrogens with one attached hydrogen (secondary N) is 1. The molecule has 4 nitrogen and oxygen atoms in total. The summed E-state index contributed by atoms with van der Waals surface area (Å²) < 4.78 is 11.3. The Hall–Kier alpha value is -0.870. The Bertz CT molecular complexity index is 444. The van der Waals surface area contributed by atoms with Crippen LogP contribution in [0.3, 0.4) is 0 Å². The van der Waals surface area contributed by atoms with Crippen molar-refractivity contribution in [2.24, 2.45) is 0 Å². The summed E-state index contributed by atoms with van der Waals surface area (Å²) in [6, 6.07) is 0.419. The fourth-order valence-corrected chi connectivity index (χ4v) is 3.28. The zero-order valence-electron chi connectivity index (χ0n) is 13.7. The van der Waals surface area contributed by atoms with Gasteiger partial charge in [0.1, 0.15) is 5.76 Å². The van der Waals surface area contributed by atoms with Gasteiger partial charge in [-0.1, -0.05) is 5.16 Å². The highest BCUT2D eigenvalue weighted by Gasteiger charge is 2.45. The molecular weight excluding hydrogens is 252 g/mol. The van der Waals surface area contributed by atoms with Crippen LogP contribution in [0.5, 0.6) is 0 Å². The topological polar surface area (TPSA) is 47.3 Å². The second-order valence-corrected chi connectivity index (χ2v) is 7.08. The van der Waals surface area contributed by atoms with Crippen molar-refractivity contribution < 1.29 is 9.26 Å². The van der Waals surface area contributed by atoms with Gasteiger partial charge in [0.15, 0.2) is 0 Å². The van der Waals surface area contributed by atoms with Crippen LogP contribution in [0, 0.1) is 13.8 Å². The van der Waals surface area contributed by atoms with Gasteiger partial charge in [0.05, 0.1) is 16.9 Å². The van der Waals surface area contributed by atoms with Crippen molar-refractivity contribution in [1.82, 2.24) is 10.5 Å². The average Bonchev–Trinajstić information content (AvgIpc) is 2.72. The summed E-state index contributed by atoms with van der Waals surface area (Å²) in [5, 5.41) is 7.65. The third-order valence-corrected chi connectivity index (χ3v) is 4.25. The number of aromatic nitrogens is 1. The number of ether oxygens (including phenoxy) is 1. The van der Waals surface area contributed by atoms with Gasteiger partial charge < -0.3 is 14.6 Å². The van der Waals surface area contributed by atoms with Crippen molar-refractivity contribution in [1.29, 1.82) is 0 Å². The number of rotatable bonds is 5. The zero-order chi connectivity index (χ0) is 15.0. The Kier molecular flexibility index (Phi) is 4.26. The third-order valence-electron chi connectivity index (χ3n) is 4.25. The predicted molar refractivity (Wildman–Crippen MR) is 79.9 cm³/mol. The minimum Gasteiger partial charge on any atom is -0.368 e. The van der Waals surface area contributed by atoms with Gasteiger partial charge in [0.2, 0.25) is 0 Å². The first-order chi connectivity index (χ1) is 9.21. The van der Waals surface area contributed by atoms with E-state index >= 15 is 0 Å². The molecule has 1 atom stereocenters. The molecule has 4 heteroatoms. The van der Waals surface area contributed by atoms with Gasteiger partial charge >= 0.3 is 0 Å². The van der Waals surface area contributed by atoms with Crippen LogP contribution >= 0.6 is 0 Å². The van der Waals surface area contributed by atoms with Crippen molar-refractivity contribution in [3.63, 3.8) is 0 Å². The maximum absolute atomic E-state index is 6.10. The van der Waals surface area contributed by atoms with Gasteiger partial charge in [-0.15, -0.1) is 0 Å². The van der Waals surface area contributed by atoms with Crippen LogP contribution < -0.4 is 5.32 Å². The molecule has 0 spiro atoms. The van der Waals surface area contributed by atoms with E-state index in [4.69, 9.17) is 9.26 Å². The second kappa shape index (κ2) is 5.49. The maximum atomic E-state index is 6.10. The van der Waals surface area contributed by atoms with Gasteiger partial charge in [-0.25, -0.2) is 0 Å². The van der Waals surface area contributed by atoms with Gasteiger partial charge in [-0.3, -0.25) is 0 Å². The van der Waals surface area contributed by atoms with Crippen LogP contribution in [0.25, 0.3) is 0 Å². The Morgan fingerprint density at radius 2 is 1.95 bits per heavy atom. The minimum atomic E-state index is -0.0907. The van der Waals surface area contributed by atoms with Gasteiger partial charge in [-0.05, 0) is 67.3 Å². The van der Waals surface area contributed by atoms with E-state index in [2.05, 4.69) is 38.2 Å². The molecule has 1 N–H and O–H groups in total. The lowest BCUT2D eigenvalue weighted by atomic mass is 9.94. The first-order valence-electron chi connectivity index (χ1n) is 7.56. The molecule has 0 radical (unpaired) electrons. The van der Waals surface area contributed by atoms with E-state index in [1.54, 1.807) is 0 Å². The zero-order valence-corrected chi connectivity index (χ0v) is 13.7. The fraction of sp³-hybridized carbons (Fsp3) is 0.812. The molecule has 0 saturated carbocycles. The van der Waals surface area contributed by atoms with Crippen molar-refractivity contribution in [2.45, 2.75) is 78.0 Å². The summed E-state index contributed by atoms with van der Waals surface area (Å²) in [5.41, 5.74) is 2.16. The summed E-state index contributed by atoms with van der Waals surface area (Å²) in [6.45, 7) is 13.7. The quantitative estimate of drug-likeness (QED) is 0.842. The van der Waals surface area contributed by atoms with Crippen LogP contribution in [-0.4, -0.2) is 28.9 Å². The second-order valence-electron chi connectivity index (χ2n) is 7.08. The van der Waals surface area contributed by atoms with Crippen molar-refractivity contribution in [3.05, 3.63) is 17.0 Å². The highest BCUT2D eigenvalue weighted by molar-refractivity contribution is 5.20. The average molecular weight is 280 g/mol. The third kappa shape index (κ3) is 3.41. The predicted octanol–water partition coefficient (Wildman–Crippen LogP) is 3.16. The van der Waals surface area contributed by atoms with Crippen LogP contribution in [0.1, 0.15) is 57.6 Å². The number of hydrogen-bond acceptors (Lipinski definition) is 4. The molecule has 1 saturated heterocycles. The van der Waals surface area contributed by atoms with E-state index in [9.17, 15) is 0 Å². The lowest BCUT2D eigenvalue weighted by molar-refractivity contribution is -0.0697. The van der Waals surface area contributed by atoms with E-state index in [0.29, 0.717) is 6.04 Å². The molecular formula is C16H28N2O2. The van der Waals surface area contributed by atoms with Crippen LogP contribution in [-0.2, 0) is 11.2 Å². The highest BCUT2D eigenvalue weighted by Crippen LogP contribution is 2.37. The number of hydrogen-bond donors (Lipinski definition) is 1. The van der Waals surface area contributed by atoms with Crippen molar-refractivity contribution >= 4 is 0 Å². The summed E-state index contributed by atoms with van der Waals surface area (Å²) in [7, 11) is 0. The molecule has 1 fully saturated rings. The molecule has 0 unspecified atom stereocenters. The normalized spacial score (nSPS) is 24.2. The molecule has 0 bridgehead atoms. The molecule has 1 aliphatic heterocycles. The largest absolute Gasteiger partial charge is 0.368 e. The van der Waals surface area contributed by atoms with E-state index in [1.165, 1.54) is 5.56 Å². The molecule has 20 heavy (non-hydrogen) atoms. The van der Waals surface area contributed by atoms with E-state index in [0.717, 1.165) is 37.3 Å². The van der Waals surface area contributed by atoms with E-state index in [1.807, 2.05) is 13.8 Å². The lowest BCUT2D eigenvalue weighted by Gasteiger charge is -2.27. The highest BCUT2D eigenvalue weighted by atomic mass is 16.5. The summed E-state index contributed by atoms with van der Waals surface area (Å²) >= 11 is 0. The molecule has 2 rings (SSSR count). The molecule has 1 aromatic rings. The summed E-state index contributed by atoms with van der Waals surface area (Å²) in [6.07, 6.45) is 3.17. The standard InChI is InChI=1S/C16H28N2O2/c1-11-13(12(2)19-18-11)8-7-9-17-14-10-15(3,4)20-16(14,5)6/h14,17H,7-10H2,1-6H3/t14-/m0/s1. The monoisotopic (exact) mass is 280 g/mol. The maximum Gasteiger partial charge on any atom is 0.137 e.